The first-order chi connectivity index (χ1) is 9.63. The molecule has 0 saturated carbocycles. The Hall–Kier alpha value is -1.44. The van der Waals surface area contributed by atoms with Crippen LogP contribution in [0.25, 0.3) is 0 Å². The van der Waals surface area contributed by atoms with Gasteiger partial charge in [-0.3, -0.25) is 0 Å². The van der Waals surface area contributed by atoms with Crippen molar-refractivity contribution in [1.29, 1.82) is 0 Å². The number of nitrogens with two attached hydrogens (primary N) is 1. The SMILES string of the molecule is NCCc1ccc(OCCCC(F)(F)F)c(C(F)(F)F)c1. The van der Waals surface area contributed by atoms with Crippen LogP contribution in [0.2, 0.25) is 0 Å². The molecule has 0 aliphatic carbocycles. The highest BCUT2D eigenvalue weighted by atomic mass is 19.4. The summed E-state index contributed by atoms with van der Waals surface area (Å²) in [6, 6.07) is 3.44. The van der Waals surface area contributed by atoms with Crippen molar-refractivity contribution in [2.24, 2.45) is 5.73 Å². The lowest BCUT2D eigenvalue weighted by Crippen LogP contribution is -2.13. The summed E-state index contributed by atoms with van der Waals surface area (Å²) in [5.74, 6) is -0.467. The first-order valence-electron chi connectivity index (χ1n) is 6.23. The second-order valence-electron chi connectivity index (χ2n) is 4.43. The highest BCUT2D eigenvalue weighted by molar-refractivity contribution is 5.39. The van der Waals surface area contributed by atoms with Gasteiger partial charge in [0.05, 0.1) is 12.2 Å². The maximum absolute atomic E-state index is 12.9. The van der Waals surface area contributed by atoms with E-state index in [0.717, 1.165) is 12.1 Å². The van der Waals surface area contributed by atoms with E-state index in [-0.39, 0.29) is 13.0 Å². The molecule has 2 N–H and O–H groups in total. The van der Waals surface area contributed by atoms with E-state index >= 15 is 0 Å². The summed E-state index contributed by atoms with van der Waals surface area (Å²) in [6.45, 7) is -0.234. The molecule has 0 radical (unpaired) electrons. The number of rotatable bonds is 6. The highest BCUT2D eigenvalue weighted by Gasteiger charge is 2.34. The molecule has 120 valence electrons. The number of halogens is 6. The van der Waals surface area contributed by atoms with E-state index in [2.05, 4.69) is 0 Å². The van der Waals surface area contributed by atoms with Crippen LogP contribution in [0.4, 0.5) is 26.3 Å². The number of ether oxygens (including phenoxy) is 1. The molecular weight excluding hydrogens is 300 g/mol. The van der Waals surface area contributed by atoms with Crippen molar-refractivity contribution in [1.82, 2.24) is 0 Å². The first kappa shape index (κ1) is 17.6. The van der Waals surface area contributed by atoms with Gasteiger partial charge in [-0.15, -0.1) is 0 Å². The molecule has 1 rings (SSSR count). The predicted octanol–water partition coefficient (Wildman–Crippen LogP) is 3.93. The van der Waals surface area contributed by atoms with Crippen molar-refractivity contribution in [3.05, 3.63) is 29.3 Å². The Bertz CT molecular complexity index is 455. The number of hydrogen-bond acceptors (Lipinski definition) is 2. The lowest BCUT2D eigenvalue weighted by atomic mass is 10.1. The molecule has 1 aromatic rings. The van der Waals surface area contributed by atoms with Gasteiger partial charge >= 0.3 is 12.4 Å². The Kier molecular flexibility index (Phi) is 5.88. The van der Waals surface area contributed by atoms with Crippen molar-refractivity contribution in [3.8, 4) is 5.75 Å². The monoisotopic (exact) mass is 315 g/mol. The third kappa shape index (κ3) is 6.24. The molecule has 0 heterocycles. The van der Waals surface area contributed by atoms with Crippen LogP contribution in [-0.2, 0) is 12.6 Å². The summed E-state index contributed by atoms with van der Waals surface area (Å²) in [5.41, 5.74) is 4.67. The van der Waals surface area contributed by atoms with Gasteiger partial charge in [0.25, 0.3) is 0 Å². The standard InChI is InChI=1S/C13H15F6NO/c14-12(15,16)5-1-7-21-11-3-2-9(4-6-20)8-10(11)13(17,18)19/h2-3,8H,1,4-7,20H2. The fraction of sp³-hybridized carbons (Fsp3) is 0.538. The van der Waals surface area contributed by atoms with Crippen LogP contribution < -0.4 is 10.5 Å². The molecule has 0 unspecified atom stereocenters. The molecule has 0 amide bonds. The van der Waals surface area contributed by atoms with Crippen LogP contribution in [0.15, 0.2) is 18.2 Å². The minimum Gasteiger partial charge on any atom is -0.493 e. The molecule has 0 aliphatic rings. The van der Waals surface area contributed by atoms with Crippen LogP contribution in [0.5, 0.6) is 5.75 Å². The topological polar surface area (TPSA) is 35.2 Å². The predicted molar refractivity (Wildman–Crippen MR) is 65.0 cm³/mol. The number of benzene rings is 1. The van der Waals surface area contributed by atoms with E-state index in [4.69, 9.17) is 10.5 Å². The zero-order valence-corrected chi connectivity index (χ0v) is 11.0. The molecule has 21 heavy (non-hydrogen) atoms. The molecule has 0 spiro atoms. The first-order valence-corrected chi connectivity index (χ1v) is 6.23. The van der Waals surface area contributed by atoms with Gasteiger partial charge in [0, 0.05) is 6.42 Å². The lowest BCUT2D eigenvalue weighted by Gasteiger charge is -2.15. The smallest absolute Gasteiger partial charge is 0.419 e. The summed E-state index contributed by atoms with van der Waals surface area (Å²) < 4.78 is 79.3. The van der Waals surface area contributed by atoms with Gasteiger partial charge in [-0.1, -0.05) is 6.07 Å². The highest BCUT2D eigenvalue weighted by Crippen LogP contribution is 2.37. The van der Waals surface area contributed by atoms with Crippen molar-refractivity contribution in [2.75, 3.05) is 13.2 Å². The van der Waals surface area contributed by atoms with Crippen molar-refractivity contribution in [2.45, 2.75) is 31.6 Å². The summed E-state index contributed by atoms with van der Waals surface area (Å²) in [7, 11) is 0. The maximum atomic E-state index is 12.9. The maximum Gasteiger partial charge on any atom is 0.419 e. The average molecular weight is 315 g/mol. The van der Waals surface area contributed by atoms with Gasteiger partial charge in [-0.25, -0.2) is 0 Å². The summed E-state index contributed by atoms with van der Waals surface area (Å²) in [6.07, 6.45) is -10.2. The quantitative estimate of drug-likeness (QED) is 0.638. The van der Waals surface area contributed by atoms with Crippen LogP contribution in [0.3, 0.4) is 0 Å². The normalized spacial score (nSPS) is 12.5. The Morgan fingerprint density at radius 2 is 1.71 bits per heavy atom. The molecule has 0 saturated heterocycles. The molecule has 0 atom stereocenters. The average Bonchev–Trinajstić information content (AvgIpc) is 2.34. The molecule has 8 heteroatoms. The van der Waals surface area contributed by atoms with Crippen LogP contribution in [0.1, 0.15) is 24.0 Å². The van der Waals surface area contributed by atoms with Gasteiger partial charge in [0.15, 0.2) is 0 Å². The van der Waals surface area contributed by atoms with Crippen LogP contribution in [-0.4, -0.2) is 19.3 Å². The number of hydrogen-bond donors (Lipinski definition) is 1. The van der Waals surface area contributed by atoms with E-state index in [9.17, 15) is 26.3 Å². The Morgan fingerprint density at radius 3 is 2.24 bits per heavy atom. The third-order valence-corrected chi connectivity index (χ3v) is 2.64. The molecule has 2 nitrogen and oxygen atoms in total. The molecule has 1 aromatic carbocycles. The third-order valence-electron chi connectivity index (χ3n) is 2.64. The summed E-state index contributed by atoms with van der Waals surface area (Å²) >= 11 is 0. The Balaban J connectivity index is 2.77. The molecule has 0 fully saturated rings. The van der Waals surface area contributed by atoms with E-state index < -0.39 is 43.1 Å². The molecule has 0 bridgehead atoms. The van der Waals surface area contributed by atoms with Gasteiger partial charge in [-0.2, -0.15) is 26.3 Å². The molecular formula is C13H15F6NO. The van der Waals surface area contributed by atoms with Crippen molar-refractivity contribution >= 4 is 0 Å². The Morgan fingerprint density at radius 1 is 1.05 bits per heavy atom. The van der Waals surface area contributed by atoms with Crippen LogP contribution >= 0.6 is 0 Å². The van der Waals surface area contributed by atoms with E-state index in [1.165, 1.54) is 6.07 Å². The largest absolute Gasteiger partial charge is 0.493 e. The zero-order valence-electron chi connectivity index (χ0n) is 11.0. The summed E-state index contributed by atoms with van der Waals surface area (Å²) in [5, 5.41) is 0. The zero-order chi connectivity index (χ0) is 16.1. The number of alkyl halides is 6. The molecule has 0 aliphatic heterocycles. The van der Waals surface area contributed by atoms with E-state index in [0.29, 0.717) is 5.56 Å². The second-order valence-corrected chi connectivity index (χ2v) is 4.43. The van der Waals surface area contributed by atoms with Crippen molar-refractivity contribution in [3.63, 3.8) is 0 Å². The lowest BCUT2D eigenvalue weighted by molar-refractivity contribution is -0.141. The van der Waals surface area contributed by atoms with Gasteiger partial charge < -0.3 is 10.5 Å². The van der Waals surface area contributed by atoms with Gasteiger partial charge in [-0.05, 0) is 37.1 Å². The second kappa shape index (κ2) is 7.02. The fourth-order valence-electron chi connectivity index (χ4n) is 1.70. The minimum atomic E-state index is -4.63. The fourth-order valence-corrected chi connectivity index (χ4v) is 1.70. The van der Waals surface area contributed by atoms with E-state index in [1.807, 2.05) is 0 Å². The van der Waals surface area contributed by atoms with Gasteiger partial charge in [0.2, 0.25) is 0 Å². The van der Waals surface area contributed by atoms with Crippen LogP contribution in [0, 0.1) is 0 Å². The van der Waals surface area contributed by atoms with Crippen molar-refractivity contribution < 1.29 is 31.1 Å². The van der Waals surface area contributed by atoms with Gasteiger partial charge in [0.1, 0.15) is 5.75 Å². The summed E-state index contributed by atoms with van der Waals surface area (Å²) in [4.78, 5) is 0. The van der Waals surface area contributed by atoms with E-state index in [1.54, 1.807) is 0 Å². The molecule has 0 aromatic heterocycles. The Labute approximate surface area is 117 Å². The minimum absolute atomic E-state index is 0.198.